The van der Waals surface area contributed by atoms with Crippen LogP contribution in [0.2, 0.25) is 0 Å². The van der Waals surface area contributed by atoms with E-state index in [0.29, 0.717) is 26.2 Å². The number of ether oxygens (including phenoxy) is 2. The summed E-state index contributed by atoms with van der Waals surface area (Å²) in [6.07, 6.45) is 2.45. The van der Waals surface area contributed by atoms with Crippen LogP contribution in [0.4, 0.5) is 0 Å². The third-order valence-corrected chi connectivity index (χ3v) is 6.05. The van der Waals surface area contributed by atoms with Crippen LogP contribution in [0.3, 0.4) is 0 Å². The number of halogens is 1. The smallest absolute Gasteiger partial charge is 0.306 e. The number of rotatable bonds is 7. The van der Waals surface area contributed by atoms with E-state index in [9.17, 15) is 4.79 Å². The minimum absolute atomic E-state index is 0.110. The van der Waals surface area contributed by atoms with E-state index in [4.69, 9.17) is 9.47 Å². The third-order valence-electron chi connectivity index (χ3n) is 4.90. The molecule has 26 heavy (non-hydrogen) atoms. The van der Waals surface area contributed by atoms with Gasteiger partial charge in [-0.2, -0.15) is 5.10 Å². The molecular formula is C20H25BrN2O3. The third kappa shape index (κ3) is 4.11. The minimum Gasteiger partial charge on any atom is -0.492 e. The standard InChI is InChI=1S/C20H25BrN2O3/c1-4-25-19(24)12-16-6-5-15-11-17(7-8-18(15)16)26-10-9-23-14(3)20(21)13(2)22-23/h7-8,11,16H,4-6,9-10,12H2,1-3H3/t16-/m0/s1. The van der Waals surface area contributed by atoms with Crippen molar-refractivity contribution in [3.63, 3.8) is 0 Å². The maximum absolute atomic E-state index is 11.7. The summed E-state index contributed by atoms with van der Waals surface area (Å²) in [5.74, 6) is 1.04. The number of hydrogen-bond donors (Lipinski definition) is 0. The molecule has 6 heteroatoms. The van der Waals surface area contributed by atoms with E-state index >= 15 is 0 Å². The van der Waals surface area contributed by atoms with E-state index < -0.39 is 0 Å². The summed E-state index contributed by atoms with van der Waals surface area (Å²) in [5.41, 5.74) is 4.65. The van der Waals surface area contributed by atoms with Gasteiger partial charge >= 0.3 is 5.97 Å². The molecule has 140 valence electrons. The fraction of sp³-hybridized carbons (Fsp3) is 0.500. The summed E-state index contributed by atoms with van der Waals surface area (Å²) in [4.78, 5) is 11.7. The van der Waals surface area contributed by atoms with E-state index in [2.05, 4.69) is 33.2 Å². The zero-order valence-corrected chi connectivity index (χ0v) is 17.1. The van der Waals surface area contributed by atoms with Crippen molar-refractivity contribution in [1.82, 2.24) is 9.78 Å². The topological polar surface area (TPSA) is 53.4 Å². The molecule has 1 aliphatic carbocycles. The number of nitrogens with zero attached hydrogens (tertiary/aromatic N) is 2. The SMILES string of the molecule is CCOC(=O)C[C@@H]1CCc2cc(OCCn3nc(C)c(Br)c3C)ccc21. The van der Waals surface area contributed by atoms with Gasteiger partial charge in [0, 0.05) is 5.69 Å². The first-order chi connectivity index (χ1) is 12.5. The Morgan fingerprint density at radius 2 is 2.19 bits per heavy atom. The van der Waals surface area contributed by atoms with Crippen molar-refractivity contribution in [3.05, 3.63) is 45.2 Å². The number of fused-ring (bicyclic) bond motifs is 1. The molecule has 1 atom stereocenters. The quantitative estimate of drug-likeness (QED) is 0.625. The number of hydrogen-bond acceptors (Lipinski definition) is 4. The molecule has 0 saturated carbocycles. The molecule has 0 radical (unpaired) electrons. The molecule has 1 aliphatic rings. The fourth-order valence-electron chi connectivity index (χ4n) is 3.55. The van der Waals surface area contributed by atoms with Crippen LogP contribution in [0.25, 0.3) is 0 Å². The van der Waals surface area contributed by atoms with Gasteiger partial charge in [0.25, 0.3) is 0 Å². The Morgan fingerprint density at radius 3 is 2.88 bits per heavy atom. The molecule has 1 heterocycles. The molecular weight excluding hydrogens is 396 g/mol. The van der Waals surface area contributed by atoms with Crippen LogP contribution in [0.15, 0.2) is 22.7 Å². The molecule has 1 aromatic carbocycles. The molecule has 0 aliphatic heterocycles. The fourth-order valence-corrected chi connectivity index (χ4v) is 3.83. The number of carbonyl (C=O) groups excluding carboxylic acids is 1. The number of benzene rings is 1. The zero-order valence-electron chi connectivity index (χ0n) is 15.5. The van der Waals surface area contributed by atoms with Gasteiger partial charge in [0.05, 0.1) is 29.7 Å². The second kappa shape index (κ2) is 8.25. The highest BCUT2D eigenvalue weighted by molar-refractivity contribution is 9.10. The number of aromatic nitrogens is 2. The van der Waals surface area contributed by atoms with Crippen molar-refractivity contribution >= 4 is 21.9 Å². The molecule has 1 aromatic heterocycles. The summed E-state index contributed by atoms with van der Waals surface area (Å²) in [6, 6.07) is 6.21. The lowest BCUT2D eigenvalue weighted by molar-refractivity contribution is -0.143. The van der Waals surface area contributed by atoms with Gasteiger partial charge < -0.3 is 9.47 Å². The second-order valence-electron chi connectivity index (χ2n) is 6.66. The molecule has 2 aromatic rings. The van der Waals surface area contributed by atoms with E-state index in [-0.39, 0.29) is 11.9 Å². The van der Waals surface area contributed by atoms with Crippen LogP contribution >= 0.6 is 15.9 Å². The Bertz CT molecular complexity index is 801. The number of aryl methyl sites for hydroxylation is 2. The van der Waals surface area contributed by atoms with Gasteiger partial charge in [-0.15, -0.1) is 0 Å². The van der Waals surface area contributed by atoms with Gasteiger partial charge in [0.15, 0.2) is 0 Å². The molecule has 0 bridgehead atoms. The van der Waals surface area contributed by atoms with Crippen molar-refractivity contribution in [2.75, 3.05) is 13.2 Å². The predicted octanol–water partition coefficient (Wildman–Crippen LogP) is 4.32. The van der Waals surface area contributed by atoms with Gasteiger partial charge in [-0.3, -0.25) is 9.48 Å². The highest BCUT2D eigenvalue weighted by atomic mass is 79.9. The predicted molar refractivity (Wildman–Crippen MR) is 104 cm³/mol. The van der Waals surface area contributed by atoms with E-state index in [1.165, 1.54) is 11.1 Å². The first-order valence-electron chi connectivity index (χ1n) is 9.10. The molecule has 0 saturated heterocycles. The van der Waals surface area contributed by atoms with Crippen molar-refractivity contribution in [2.24, 2.45) is 0 Å². The normalized spacial score (nSPS) is 15.8. The lowest BCUT2D eigenvalue weighted by atomic mass is 9.98. The number of esters is 1. The zero-order chi connectivity index (χ0) is 18.7. The molecule has 0 amide bonds. The molecule has 5 nitrogen and oxygen atoms in total. The summed E-state index contributed by atoms with van der Waals surface area (Å²) in [7, 11) is 0. The summed E-state index contributed by atoms with van der Waals surface area (Å²) in [6.45, 7) is 7.59. The molecule has 3 rings (SSSR count). The van der Waals surface area contributed by atoms with Gasteiger partial charge in [-0.1, -0.05) is 6.07 Å². The van der Waals surface area contributed by atoms with E-state index in [1.807, 2.05) is 31.5 Å². The van der Waals surface area contributed by atoms with Gasteiger partial charge in [-0.25, -0.2) is 0 Å². The Morgan fingerprint density at radius 1 is 1.38 bits per heavy atom. The van der Waals surface area contributed by atoms with Crippen LogP contribution in [-0.4, -0.2) is 29.0 Å². The highest BCUT2D eigenvalue weighted by Crippen LogP contribution is 2.37. The van der Waals surface area contributed by atoms with Crippen molar-refractivity contribution < 1.29 is 14.3 Å². The maximum atomic E-state index is 11.7. The van der Waals surface area contributed by atoms with Gasteiger partial charge in [-0.05, 0) is 78.7 Å². The molecule has 0 fully saturated rings. The maximum Gasteiger partial charge on any atom is 0.306 e. The highest BCUT2D eigenvalue weighted by Gasteiger charge is 2.25. The van der Waals surface area contributed by atoms with Crippen molar-refractivity contribution in [1.29, 1.82) is 0 Å². The largest absolute Gasteiger partial charge is 0.492 e. The Kier molecular flexibility index (Phi) is 6.01. The average Bonchev–Trinajstić information content (AvgIpc) is 3.11. The minimum atomic E-state index is -0.110. The second-order valence-corrected chi connectivity index (χ2v) is 7.45. The first-order valence-corrected chi connectivity index (χ1v) is 9.89. The summed E-state index contributed by atoms with van der Waals surface area (Å²) in [5, 5.41) is 4.50. The summed E-state index contributed by atoms with van der Waals surface area (Å²) < 4.78 is 14.0. The van der Waals surface area contributed by atoms with Crippen LogP contribution in [0.1, 0.15) is 48.2 Å². The Hall–Kier alpha value is -1.82. The molecule has 0 unspecified atom stereocenters. The van der Waals surface area contributed by atoms with Crippen LogP contribution in [0, 0.1) is 13.8 Å². The van der Waals surface area contributed by atoms with Gasteiger partial charge in [0.2, 0.25) is 0 Å². The molecule has 0 N–H and O–H groups in total. The van der Waals surface area contributed by atoms with Crippen LogP contribution in [-0.2, 0) is 22.5 Å². The van der Waals surface area contributed by atoms with Crippen LogP contribution in [0.5, 0.6) is 5.75 Å². The Balaban J connectivity index is 1.58. The van der Waals surface area contributed by atoms with Gasteiger partial charge in [0.1, 0.15) is 12.4 Å². The van der Waals surface area contributed by atoms with Crippen LogP contribution < -0.4 is 4.74 Å². The lowest BCUT2D eigenvalue weighted by Gasteiger charge is -2.12. The summed E-state index contributed by atoms with van der Waals surface area (Å²) >= 11 is 3.55. The lowest BCUT2D eigenvalue weighted by Crippen LogP contribution is -2.11. The monoisotopic (exact) mass is 420 g/mol. The van der Waals surface area contributed by atoms with E-state index in [0.717, 1.165) is 34.5 Å². The van der Waals surface area contributed by atoms with Crippen molar-refractivity contribution in [2.45, 2.75) is 52.5 Å². The van der Waals surface area contributed by atoms with E-state index in [1.54, 1.807) is 0 Å². The average molecular weight is 421 g/mol. The first kappa shape index (κ1) is 19.0. The van der Waals surface area contributed by atoms with Crippen molar-refractivity contribution in [3.8, 4) is 5.75 Å². The molecule has 0 spiro atoms. The number of carbonyl (C=O) groups is 1. The Labute approximate surface area is 162 Å².